The predicted molar refractivity (Wildman–Crippen MR) is 78.0 cm³/mol. The summed E-state index contributed by atoms with van der Waals surface area (Å²) in [6.45, 7) is 7.90. The summed E-state index contributed by atoms with van der Waals surface area (Å²) in [6, 6.07) is 3.67. The van der Waals surface area contributed by atoms with E-state index in [1.165, 1.54) is 0 Å². The number of hydrogen-bond donors (Lipinski definition) is 2. The van der Waals surface area contributed by atoms with Crippen LogP contribution >= 0.6 is 0 Å². The molecule has 5 heteroatoms. The molecule has 108 valence electrons. The second kappa shape index (κ2) is 5.15. The fraction of sp³-hybridized carbons (Fsp3) is 0.467. The molecule has 2 N–H and O–H groups in total. The van der Waals surface area contributed by atoms with E-state index in [1.807, 2.05) is 39.8 Å². The molecule has 20 heavy (non-hydrogen) atoms. The largest absolute Gasteiger partial charge is 0.479 e. The van der Waals surface area contributed by atoms with Gasteiger partial charge in [-0.15, -0.1) is 0 Å². The average molecular weight is 276 g/mol. The number of amides is 2. The van der Waals surface area contributed by atoms with E-state index in [2.05, 4.69) is 10.6 Å². The van der Waals surface area contributed by atoms with Gasteiger partial charge in [0.05, 0.1) is 11.4 Å². The van der Waals surface area contributed by atoms with E-state index in [0.29, 0.717) is 23.5 Å². The number of nitrogens with one attached hydrogen (secondary N) is 2. The summed E-state index contributed by atoms with van der Waals surface area (Å²) in [6.07, 6.45) is 0.419. The molecule has 0 saturated heterocycles. The van der Waals surface area contributed by atoms with Crippen LogP contribution in [0.15, 0.2) is 12.1 Å². The molecule has 0 bridgehead atoms. The van der Waals surface area contributed by atoms with E-state index in [1.54, 1.807) is 0 Å². The number of fused-ring (bicyclic) bond motifs is 1. The summed E-state index contributed by atoms with van der Waals surface area (Å²) in [7, 11) is 0. The van der Waals surface area contributed by atoms with Gasteiger partial charge in [0.25, 0.3) is 5.91 Å². The maximum Gasteiger partial charge on any atom is 0.262 e. The number of aryl methyl sites for hydroxylation is 1. The van der Waals surface area contributed by atoms with Gasteiger partial charge in [-0.2, -0.15) is 0 Å². The van der Waals surface area contributed by atoms with E-state index in [4.69, 9.17) is 4.74 Å². The molecule has 0 atom stereocenters. The van der Waals surface area contributed by atoms with Crippen molar-refractivity contribution < 1.29 is 14.3 Å². The lowest BCUT2D eigenvalue weighted by molar-refractivity contribution is -0.118. The molecule has 0 fully saturated rings. The Morgan fingerprint density at radius 2 is 2.10 bits per heavy atom. The molecular formula is C15H20N2O3. The number of rotatable bonds is 2. The minimum absolute atomic E-state index is 0.0296. The van der Waals surface area contributed by atoms with Crippen LogP contribution in [-0.2, 0) is 9.59 Å². The highest BCUT2D eigenvalue weighted by atomic mass is 16.5. The third-order valence-electron chi connectivity index (χ3n) is 2.82. The van der Waals surface area contributed by atoms with Crippen LogP contribution in [0.2, 0.25) is 0 Å². The SMILES string of the molecule is Cc1cc2c(c(NC(=O)CC(C)(C)C)c1)OCC(=O)N2. The Hall–Kier alpha value is -2.04. The molecule has 2 rings (SSSR count). The van der Waals surface area contributed by atoms with Crippen molar-refractivity contribution in [3.05, 3.63) is 17.7 Å². The molecule has 2 amide bonds. The topological polar surface area (TPSA) is 67.4 Å². The van der Waals surface area contributed by atoms with Crippen LogP contribution < -0.4 is 15.4 Å². The molecule has 1 aromatic carbocycles. The summed E-state index contributed by atoms with van der Waals surface area (Å²) in [5, 5.41) is 5.61. The number of benzene rings is 1. The van der Waals surface area contributed by atoms with Gasteiger partial charge in [0.15, 0.2) is 12.4 Å². The normalized spacial score (nSPS) is 14.1. The van der Waals surface area contributed by atoms with Crippen molar-refractivity contribution in [3.63, 3.8) is 0 Å². The molecule has 0 spiro atoms. The van der Waals surface area contributed by atoms with Gasteiger partial charge in [0, 0.05) is 6.42 Å². The molecule has 5 nitrogen and oxygen atoms in total. The second-order valence-corrected chi connectivity index (χ2v) is 6.31. The van der Waals surface area contributed by atoms with Crippen molar-refractivity contribution in [3.8, 4) is 5.75 Å². The van der Waals surface area contributed by atoms with E-state index in [-0.39, 0.29) is 23.8 Å². The molecule has 0 unspecified atom stereocenters. The lowest BCUT2D eigenvalue weighted by Gasteiger charge is -2.23. The van der Waals surface area contributed by atoms with Gasteiger partial charge in [0.1, 0.15) is 0 Å². The molecule has 0 aliphatic carbocycles. The minimum atomic E-state index is -0.185. The monoisotopic (exact) mass is 276 g/mol. The number of carbonyl (C=O) groups is 2. The molecule has 1 heterocycles. The van der Waals surface area contributed by atoms with E-state index in [0.717, 1.165) is 5.56 Å². The zero-order valence-corrected chi connectivity index (χ0v) is 12.3. The number of ether oxygens (including phenoxy) is 1. The standard InChI is InChI=1S/C15H20N2O3/c1-9-5-10(16-12(18)7-15(2,3)4)14-11(6-9)17-13(19)8-20-14/h5-6H,7-8H2,1-4H3,(H,16,18)(H,17,19). The van der Waals surface area contributed by atoms with Crippen molar-refractivity contribution in [2.75, 3.05) is 17.2 Å². The van der Waals surface area contributed by atoms with Crippen molar-refractivity contribution in [2.24, 2.45) is 5.41 Å². The highest BCUT2D eigenvalue weighted by Crippen LogP contribution is 2.37. The molecule has 0 radical (unpaired) electrons. The Morgan fingerprint density at radius 1 is 1.40 bits per heavy atom. The smallest absolute Gasteiger partial charge is 0.262 e. The minimum Gasteiger partial charge on any atom is -0.479 e. The van der Waals surface area contributed by atoms with E-state index in [9.17, 15) is 9.59 Å². The quantitative estimate of drug-likeness (QED) is 0.872. The van der Waals surface area contributed by atoms with Crippen LogP contribution in [0.1, 0.15) is 32.8 Å². The number of hydrogen-bond acceptors (Lipinski definition) is 3. The van der Waals surface area contributed by atoms with Crippen molar-refractivity contribution >= 4 is 23.2 Å². The Labute approximate surface area is 118 Å². The van der Waals surface area contributed by atoms with Crippen molar-refractivity contribution in [1.82, 2.24) is 0 Å². The molecule has 1 aliphatic heterocycles. The Morgan fingerprint density at radius 3 is 2.75 bits per heavy atom. The van der Waals surface area contributed by atoms with Crippen LogP contribution in [0.25, 0.3) is 0 Å². The summed E-state index contributed by atoms with van der Waals surface area (Å²) in [4.78, 5) is 23.4. The van der Waals surface area contributed by atoms with Gasteiger partial charge >= 0.3 is 0 Å². The zero-order chi connectivity index (χ0) is 14.9. The van der Waals surface area contributed by atoms with Crippen LogP contribution in [0.5, 0.6) is 5.75 Å². The Kier molecular flexibility index (Phi) is 3.70. The molecule has 0 saturated carbocycles. The molecule has 0 aromatic heterocycles. The van der Waals surface area contributed by atoms with Crippen LogP contribution in [0.4, 0.5) is 11.4 Å². The number of carbonyl (C=O) groups excluding carboxylic acids is 2. The fourth-order valence-corrected chi connectivity index (χ4v) is 2.11. The molecule has 1 aliphatic rings. The highest BCUT2D eigenvalue weighted by molar-refractivity contribution is 6.00. The first-order valence-corrected chi connectivity index (χ1v) is 6.62. The molecular weight excluding hydrogens is 256 g/mol. The van der Waals surface area contributed by atoms with Crippen molar-refractivity contribution in [2.45, 2.75) is 34.1 Å². The third kappa shape index (κ3) is 3.50. The zero-order valence-electron chi connectivity index (χ0n) is 12.3. The van der Waals surface area contributed by atoms with Crippen LogP contribution in [-0.4, -0.2) is 18.4 Å². The second-order valence-electron chi connectivity index (χ2n) is 6.31. The highest BCUT2D eigenvalue weighted by Gasteiger charge is 2.22. The first kappa shape index (κ1) is 14.4. The maximum atomic E-state index is 12.0. The van der Waals surface area contributed by atoms with Gasteiger partial charge in [-0.25, -0.2) is 0 Å². The van der Waals surface area contributed by atoms with E-state index < -0.39 is 0 Å². The van der Waals surface area contributed by atoms with Gasteiger partial charge in [-0.05, 0) is 30.0 Å². The summed E-state index contributed by atoms with van der Waals surface area (Å²) in [5.41, 5.74) is 2.07. The van der Waals surface area contributed by atoms with Crippen LogP contribution in [0, 0.1) is 12.3 Å². The summed E-state index contributed by atoms with van der Waals surface area (Å²) >= 11 is 0. The first-order chi connectivity index (χ1) is 9.24. The van der Waals surface area contributed by atoms with Gasteiger partial charge in [0.2, 0.25) is 5.91 Å². The fourth-order valence-electron chi connectivity index (χ4n) is 2.11. The summed E-state index contributed by atoms with van der Waals surface area (Å²) < 4.78 is 5.43. The maximum absolute atomic E-state index is 12.0. The Bertz CT molecular complexity index is 559. The van der Waals surface area contributed by atoms with Crippen molar-refractivity contribution in [1.29, 1.82) is 0 Å². The first-order valence-electron chi connectivity index (χ1n) is 6.62. The lowest BCUT2D eigenvalue weighted by atomic mass is 9.92. The van der Waals surface area contributed by atoms with Crippen LogP contribution in [0.3, 0.4) is 0 Å². The lowest BCUT2D eigenvalue weighted by Crippen LogP contribution is -2.27. The predicted octanol–water partition coefficient (Wildman–Crippen LogP) is 2.70. The summed E-state index contributed by atoms with van der Waals surface area (Å²) in [5.74, 6) is 0.276. The number of anilines is 2. The molecule has 1 aromatic rings. The Balaban J connectivity index is 2.24. The van der Waals surface area contributed by atoms with Gasteiger partial charge < -0.3 is 15.4 Å². The average Bonchev–Trinajstić information content (AvgIpc) is 2.24. The van der Waals surface area contributed by atoms with E-state index >= 15 is 0 Å². The van der Waals surface area contributed by atoms with Gasteiger partial charge in [-0.1, -0.05) is 20.8 Å². The van der Waals surface area contributed by atoms with Gasteiger partial charge in [-0.3, -0.25) is 9.59 Å². The third-order valence-corrected chi connectivity index (χ3v) is 2.82.